The van der Waals surface area contributed by atoms with Crippen LogP contribution in [0.2, 0.25) is 10.2 Å². The summed E-state index contributed by atoms with van der Waals surface area (Å²) in [6, 6.07) is 7.83. The molecule has 234 valence electrons. The number of halogens is 5. The van der Waals surface area contributed by atoms with Gasteiger partial charge in [0.15, 0.2) is 5.13 Å². The molecule has 0 saturated carbocycles. The summed E-state index contributed by atoms with van der Waals surface area (Å²) in [7, 11) is 0. The number of amides is 1. The number of fused-ring (bicyclic) bond motifs is 1. The van der Waals surface area contributed by atoms with Crippen LogP contribution in [0.4, 0.5) is 23.1 Å². The van der Waals surface area contributed by atoms with E-state index in [1.54, 1.807) is 43.9 Å². The van der Waals surface area contributed by atoms with Gasteiger partial charge in [-0.25, -0.2) is 4.79 Å². The summed E-state index contributed by atoms with van der Waals surface area (Å²) >= 11 is 13.2. The number of carbonyl (C=O) groups is 1. The number of carbonyl (C=O) groups excluding carboxylic acids is 1. The average Bonchev–Trinajstić information content (AvgIpc) is 3.52. The monoisotopic (exact) mass is 669 g/mol. The molecule has 1 saturated heterocycles. The Hall–Kier alpha value is -3.52. The Labute approximate surface area is 264 Å². The van der Waals surface area contributed by atoms with Gasteiger partial charge in [0.2, 0.25) is 5.88 Å². The summed E-state index contributed by atoms with van der Waals surface area (Å²) in [5.74, 6) is -0.396. The van der Waals surface area contributed by atoms with Gasteiger partial charge in [-0.05, 0) is 62.2 Å². The Morgan fingerprint density at radius 3 is 2.61 bits per heavy atom. The lowest BCUT2D eigenvalue weighted by atomic mass is 9.97. The molecule has 15 heteroatoms. The Morgan fingerprint density at radius 1 is 1.18 bits per heavy atom. The number of nitrogens with zero attached hydrogens (tertiary/aromatic N) is 4. The van der Waals surface area contributed by atoms with Gasteiger partial charge in [0.05, 0.1) is 23.7 Å². The van der Waals surface area contributed by atoms with Gasteiger partial charge in [0.1, 0.15) is 15.6 Å². The van der Waals surface area contributed by atoms with Crippen LogP contribution in [-0.2, 0) is 10.9 Å². The van der Waals surface area contributed by atoms with E-state index in [0.29, 0.717) is 28.1 Å². The van der Waals surface area contributed by atoms with Gasteiger partial charge in [-0.1, -0.05) is 46.7 Å². The molecule has 0 bridgehead atoms. The molecule has 3 heterocycles. The number of aromatic hydroxyl groups is 1. The van der Waals surface area contributed by atoms with Crippen LogP contribution in [0, 0.1) is 0 Å². The van der Waals surface area contributed by atoms with E-state index in [0.717, 1.165) is 17.4 Å². The van der Waals surface area contributed by atoms with Gasteiger partial charge in [-0.15, -0.1) is 0 Å². The van der Waals surface area contributed by atoms with Crippen LogP contribution >= 0.6 is 34.5 Å². The Balaban J connectivity index is 1.56. The molecule has 44 heavy (non-hydrogen) atoms. The lowest BCUT2D eigenvalue weighted by molar-refractivity contribution is -0.137. The van der Waals surface area contributed by atoms with E-state index in [1.807, 2.05) is 0 Å². The molecule has 1 aliphatic heterocycles. The zero-order valence-electron chi connectivity index (χ0n) is 23.7. The molecular formula is C29H28Cl2F3N5O4S. The largest absolute Gasteiger partial charge is 0.492 e. The average molecular weight is 671 g/mol. The number of hydrogen-bond acceptors (Lipinski definition) is 8. The normalized spacial score (nSPS) is 16.6. The number of H-pyrrole nitrogens is 1. The number of hydrogen-bond donors (Lipinski definition) is 3. The number of anilines is 1. The van der Waals surface area contributed by atoms with Gasteiger partial charge in [0.25, 0.3) is 0 Å². The molecule has 9 nitrogen and oxygen atoms in total. The maximum absolute atomic E-state index is 14.0. The number of thiazole rings is 1. The number of aromatic nitrogens is 3. The van der Waals surface area contributed by atoms with Crippen LogP contribution < -0.4 is 4.90 Å². The van der Waals surface area contributed by atoms with Gasteiger partial charge in [-0.2, -0.15) is 23.3 Å². The Morgan fingerprint density at radius 2 is 1.93 bits per heavy atom. The second-order valence-corrected chi connectivity index (χ2v) is 13.0. The van der Waals surface area contributed by atoms with E-state index < -0.39 is 35.4 Å². The van der Waals surface area contributed by atoms with E-state index in [2.05, 4.69) is 15.2 Å². The predicted molar refractivity (Wildman–Crippen MR) is 164 cm³/mol. The highest BCUT2D eigenvalue weighted by Gasteiger charge is 2.36. The van der Waals surface area contributed by atoms with Crippen molar-refractivity contribution < 1.29 is 32.9 Å². The third-order valence-electron chi connectivity index (χ3n) is 6.87. The third kappa shape index (κ3) is 6.75. The highest BCUT2D eigenvalue weighted by molar-refractivity contribution is 7.17. The van der Waals surface area contributed by atoms with Crippen LogP contribution in [0.1, 0.15) is 42.3 Å². The first-order valence-corrected chi connectivity index (χ1v) is 15.0. The van der Waals surface area contributed by atoms with E-state index in [4.69, 9.17) is 27.9 Å². The third-order valence-corrected chi connectivity index (χ3v) is 8.54. The summed E-state index contributed by atoms with van der Waals surface area (Å²) in [6.45, 7) is 5.63. The van der Waals surface area contributed by atoms with Crippen LogP contribution in [0.5, 0.6) is 5.88 Å². The van der Waals surface area contributed by atoms with Crippen LogP contribution in [0.3, 0.4) is 0 Å². The number of benzene rings is 2. The summed E-state index contributed by atoms with van der Waals surface area (Å²) in [4.78, 5) is 20.5. The molecule has 0 unspecified atom stereocenters. The lowest BCUT2D eigenvalue weighted by Crippen LogP contribution is -2.57. The minimum atomic E-state index is -4.70. The Bertz CT molecular complexity index is 1730. The number of nitrogens with one attached hydrogen (secondary N) is 1. The van der Waals surface area contributed by atoms with Crippen molar-refractivity contribution in [3.8, 4) is 5.88 Å². The van der Waals surface area contributed by atoms with Crippen molar-refractivity contribution in [3.05, 3.63) is 68.1 Å². The summed E-state index contributed by atoms with van der Waals surface area (Å²) in [6.07, 6.45) is -3.93. The van der Waals surface area contributed by atoms with E-state index in [-0.39, 0.29) is 45.9 Å². The van der Waals surface area contributed by atoms with Crippen molar-refractivity contribution in [3.63, 3.8) is 0 Å². The smallest absolute Gasteiger partial charge is 0.417 e. The lowest BCUT2D eigenvalue weighted by Gasteiger charge is -2.40. The fraction of sp³-hybridized carbons (Fsp3) is 0.345. The molecule has 5 rings (SSSR count). The maximum Gasteiger partial charge on any atom is 0.417 e. The van der Waals surface area contributed by atoms with Gasteiger partial charge < -0.3 is 19.8 Å². The van der Waals surface area contributed by atoms with E-state index >= 15 is 0 Å². The molecule has 4 aromatic rings. The van der Waals surface area contributed by atoms with Crippen molar-refractivity contribution in [2.45, 2.75) is 38.6 Å². The number of ether oxygens (including phenoxy) is 1. The van der Waals surface area contributed by atoms with Crippen molar-refractivity contribution in [2.24, 2.45) is 0 Å². The first kappa shape index (κ1) is 31.9. The van der Waals surface area contributed by atoms with Gasteiger partial charge >= 0.3 is 12.3 Å². The minimum Gasteiger partial charge on any atom is -0.492 e. The first-order chi connectivity index (χ1) is 20.6. The fourth-order valence-corrected chi connectivity index (χ4v) is 6.24. The predicted octanol–water partition coefficient (Wildman–Crippen LogP) is 7.06. The molecule has 0 spiro atoms. The minimum absolute atomic E-state index is 0.0745. The second-order valence-electron chi connectivity index (χ2n) is 11.2. The SMILES string of the molecule is CC(C)(C)OC(=O)N1CCN(c2nc(O)c(C(=Cc3ccc(Cl)cc3C(F)(F)F)c3ccc4n[nH]c(Cl)c4c3)s2)C[C@@H]1CO. The first-order valence-electron chi connectivity index (χ1n) is 13.4. The van der Waals surface area contributed by atoms with E-state index in [9.17, 15) is 28.2 Å². The molecule has 2 aromatic carbocycles. The van der Waals surface area contributed by atoms with E-state index in [1.165, 1.54) is 23.1 Å². The fourth-order valence-electron chi connectivity index (χ4n) is 4.84. The summed E-state index contributed by atoms with van der Waals surface area (Å²) in [5.41, 5.74) is -0.573. The Kier molecular flexibility index (Phi) is 8.78. The zero-order chi connectivity index (χ0) is 32.0. The van der Waals surface area contributed by atoms with Crippen LogP contribution in [0.25, 0.3) is 22.6 Å². The topological polar surface area (TPSA) is 115 Å². The highest BCUT2D eigenvalue weighted by atomic mass is 35.5. The number of alkyl halides is 3. The molecule has 1 atom stereocenters. The maximum atomic E-state index is 14.0. The molecule has 3 N–H and O–H groups in total. The molecule has 0 radical (unpaired) electrons. The quantitative estimate of drug-likeness (QED) is 0.195. The number of aliphatic hydroxyl groups excluding tert-OH is 1. The van der Waals surface area contributed by atoms with Crippen molar-refractivity contribution in [2.75, 3.05) is 31.1 Å². The number of aromatic amines is 1. The molecule has 1 aliphatic rings. The number of aliphatic hydroxyl groups is 1. The van der Waals surface area contributed by atoms with Crippen LogP contribution in [-0.4, -0.2) is 74.3 Å². The molecule has 1 fully saturated rings. The van der Waals surface area contributed by atoms with Crippen molar-refractivity contribution in [1.82, 2.24) is 20.1 Å². The summed E-state index contributed by atoms with van der Waals surface area (Å²) < 4.78 is 47.6. The summed E-state index contributed by atoms with van der Waals surface area (Å²) in [5, 5.41) is 29.0. The molecule has 0 aliphatic carbocycles. The molecule has 1 amide bonds. The number of rotatable bonds is 5. The van der Waals surface area contributed by atoms with Gasteiger partial charge in [-0.3, -0.25) is 10.00 Å². The van der Waals surface area contributed by atoms with Crippen molar-refractivity contribution >= 4 is 68.3 Å². The molecular weight excluding hydrogens is 642 g/mol. The van der Waals surface area contributed by atoms with Crippen LogP contribution in [0.15, 0.2) is 36.4 Å². The zero-order valence-corrected chi connectivity index (χ0v) is 26.1. The standard InChI is InChI=1S/C29H28Cl2F3N5O4S/c1-28(2,3)43-27(42)39-9-8-38(13-18(39)14-40)26-35-25(41)23(44-26)19(15-5-7-22-20(10-15)24(31)37-36-22)11-16-4-6-17(30)12-21(16)29(32,33)34/h4-7,10-12,18,40-41H,8-9,13-14H2,1-3H3,(H,36,37)/t18-/m1/s1. The highest BCUT2D eigenvalue weighted by Crippen LogP contribution is 2.43. The van der Waals surface area contributed by atoms with Gasteiger partial charge in [0, 0.05) is 35.6 Å². The second kappa shape index (κ2) is 12.1. The van der Waals surface area contributed by atoms with Crippen molar-refractivity contribution in [1.29, 1.82) is 0 Å². The number of piperazine rings is 1. The molecule has 2 aromatic heterocycles.